The van der Waals surface area contributed by atoms with Crippen molar-refractivity contribution in [1.29, 1.82) is 0 Å². The summed E-state index contributed by atoms with van der Waals surface area (Å²) in [5.41, 5.74) is 7.65. The van der Waals surface area contributed by atoms with Crippen molar-refractivity contribution in [2.24, 2.45) is 5.73 Å². The van der Waals surface area contributed by atoms with Gasteiger partial charge in [0.2, 0.25) is 0 Å². The molecule has 1 aromatic carbocycles. The summed E-state index contributed by atoms with van der Waals surface area (Å²) in [5.74, 6) is 0.797. The Morgan fingerprint density at radius 1 is 1.30 bits per heavy atom. The van der Waals surface area contributed by atoms with E-state index in [1.165, 1.54) is 0 Å². The lowest BCUT2D eigenvalue weighted by Crippen LogP contribution is -2.13. The lowest BCUT2D eigenvalue weighted by Gasteiger charge is -2.08. The summed E-state index contributed by atoms with van der Waals surface area (Å²) >= 11 is 5.83. The second-order valence-electron chi connectivity index (χ2n) is 4.46. The van der Waals surface area contributed by atoms with Crippen molar-refractivity contribution in [2.75, 3.05) is 6.61 Å². The molecule has 0 fully saturated rings. The Morgan fingerprint density at radius 3 is 2.70 bits per heavy atom. The van der Waals surface area contributed by atoms with Crippen molar-refractivity contribution in [3.05, 3.63) is 40.7 Å². The molecule has 5 nitrogen and oxygen atoms in total. The standard InChI is InChI=1S/C14H19ClN4O/c1-2-3-14-13(10-16)17-18-19(14)8-9-20-12-6-4-11(15)5-7-12/h4-7H,2-3,8-10,16H2,1H3. The zero-order chi connectivity index (χ0) is 14.4. The summed E-state index contributed by atoms with van der Waals surface area (Å²) in [5, 5.41) is 8.94. The minimum atomic E-state index is 0.424. The fourth-order valence-corrected chi connectivity index (χ4v) is 2.12. The van der Waals surface area contributed by atoms with Crippen LogP contribution in [0.5, 0.6) is 5.75 Å². The highest BCUT2D eigenvalue weighted by molar-refractivity contribution is 6.30. The molecule has 2 N–H and O–H groups in total. The Balaban J connectivity index is 1.93. The molecule has 0 radical (unpaired) electrons. The summed E-state index contributed by atoms with van der Waals surface area (Å²) < 4.78 is 7.54. The van der Waals surface area contributed by atoms with Gasteiger partial charge in [-0.1, -0.05) is 30.2 Å². The largest absolute Gasteiger partial charge is 0.492 e. The number of nitrogens with zero attached hydrogens (tertiary/aromatic N) is 3. The smallest absolute Gasteiger partial charge is 0.119 e. The van der Waals surface area contributed by atoms with E-state index in [9.17, 15) is 0 Å². The summed E-state index contributed by atoms with van der Waals surface area (Å²) in [4.78, 5) is 0. The lowest BCUT2D eigenvalue weighted by atomic mass is 10.2. The highest BCUT2D eigenvalue weighted by Crippen LogP contribution is 2.15. The number of nitrogens with two attached hydrogens (primary N) is 1. The van der Waals surface area contributed by atoms with Gasteiger partial charge < -0.3 is 10.5 Å². The molecule has 0 amide bonds. The van der Waals surface area contributed by atoms with Crippen LogP contribution in [0.3, 0.4) is 0 Å². The molecule has 0 aliphatic carbocycles. The topological polar surface area (TPSA) is 66.0 Å². The number of aromatic nitrogens is 3. The molecule has 0 bridgehead atoms. The zero-order valence-electron chi connectivity index (χ0n) is 11.6. The SMILES string of the molecule is CCCc1c(CN)nnn1CCOc1ccc(Cl)cc1. The predicted molar refractivity (Wildman–Crippen MR) is 78.9 cm³/mol. The van der Waals surface area contributed by atoms with Gasteiger partial charge in [-0.05, 0) is 30.7 Å². The van der Waals surface area contributed by atoms with Crippen LogP contribution in [-0.2, 0) is 19.5 Å². The molecule has 1 aromatic heterocycles. The third-order valence-electron chi connectivity index (χ3n) is 2.98. The fraction of sp³-hybridized carbons (Fsp3) is 0.429. The maximum absolute atomic E-state index is 5.83. The summed E-state index contributed by atoms with van der Waals surface area (Å²) in [7, 11) is 0. The monoisotopic (exact) mass is 294 g/mol. The molecule has 6 heteroatoms. The molecule has 0 unspecified atom stereocenters. The third-order valence-corrected chi connectivity index (χ3v) is 3.24. The molecular weight excluding hydrogens is 276 g/mol. The van der Waals surface area contributed by atoms with Crippen LogP contribution < -0.4 is 10.5 Å². The summed E-state index contributed by atoms with van der Waals surface area (Å²) in [6.45, 7) is 3.74. The molecule has 108 valence electrons. The second kappa shape index (κ2) is 7.26. The van der Waals surface area contributed by atoms with Crippen LogP contribution in [0.15, 0.2) is 24.3 Å². The molecule has 0 saturated carbocycles. The molecule has 0 aliphatic heterocycles. The zero-order valence-corrected chi connectivity index (χ0v) is 12.3. The number of ether oxygens (including phenoxy) is 1. The van der Waals surface area contributed by atoms with Gasteiger partial charge in [0.15, 0.2) is 0 Å². The van der Waals surface area contributed by atoms with Crippen molar-refractivity contribution in [2.45, 2.75) is 32.9 Å². The van der Waals surface area contributed by atoms with E-state index in [0.717, 1.165) is 30.0 Å². The number of halogens is 1. The van der Waals surface area contributed by atoms with Gasteiger partial charge in [-0.2, -0.15) is 0 Å². The van der Waals surface area contributed by atoms with Gasteiger partial charge in [0.1, 0.15) is 12.4 Å². The van der Waals surface area contributed by atoms with Gasteiger partial charge in [0.25, 0.3) is 0 Å². The maximum Gasteiger partial charge on any atom is 0.119 e. The average Bonchev–Trinajstić information content (AvgIpc) is 2.84. The van der Waals surface area contributed by atoms with E-state index in [1.807, 2.05) is 16.8 Å². The molecule has 1 heterocycles. The average molecular weight is 295 g/mol. The van der Waals surface area contributed by atoms with Crippen molar-refractivity contribution in [3.8, 4) is 5.75 Å². The first-order chi connectivity index (χ1) is 9.74. The Morgan fingerprint density at radius 2 is 2.05 bits per heavy atom. The number of hydrogen-bond donors (Lipinski definition) is 1. The van der Waals surface area contributed by atoms with Crippen molar-refractivity contribution in [3.63, 3.8) is 0 Å². The van der Waals surface area contributed by atoms with Crippen LogP contribution >= 0.6 is 11.6 Å². The molecule has 0 aliphatic rings. The van der Waals surface area contributed by atoms with E-state index >= 15 is 0 Å². The predicted octanol–water partition coefficient (Wildman–Crippen LogP) is 2.42. The Labute approximate surface area is 123 Å². The lowest BCUT2D eigenvalue weighted by molar-refractivity contribution is 0.287. The number of rotatable bonds is 7. The molecule has 0 saturated heterocycles. The van der Waals surface area contributed by atoms with Gasteiger partial charge >= 0.3 is 0 Å². The fourth-order valence-electron chi connectivity index (χ4n) is 2.00. The van der Waals surface area contributed by atoms with E-state index in [1.54, 1.807) is 12.1 Å². The minimum Gasteiger partial charge on any atom is -0.492 e. The molecule has 0 atom stereocenters. The van der Waals surface area contributed by atoms with Gasteiger partial charge in [0, 0.05) is 11.6 Å². The first kappa shape index (κ1) is 14.8. The molecule has 2 aromatic rings. The molecule has 0 spiro atoms. The van der Waals surface area contributed by atoms with Crippen molar-refractivity contribution < 1.29 is 4.74 Å². The van der Waals surface area contributed by atoms with Gasteiger partial charge in [-0.15, -0.1) is 5.10 Å². The minimum absolute atomic E-state index is 0.424. The van der Waals surface area contributed by atoms with Gasteiger partial charge in [-0.25, -0.2) is 4.68 Å². The van der Waals surface area contributed by atoms with Crippen LogP contribution in [0.25, 0.3) is 0 Å². The first-order valence-corrected chi connectivity index (χ1v) is 7.12. The quantitative estimate of drug-likeness (QED) is 0.851. The van der Waals surface area contributed by atoms with Crippen molar-refractivity contribution >= 4 is 11.6 Å². The van der Waals surface area contributed by atoms with Gasteiger partial charge in [0.05, 0.1) is 17.9 Å². The Bertz CT molecular complexity index is 539. The van der Waals surface area contributed by atoms with Crippen LogP contribution in [0.4, 0.5) is 0 Å². The summed E-state index contributed by atoms with van der Waals surface area (Å²) in [6.07, 6.45) is 1.97. The number of hydrogen-bond acceptors (Lipinski definition) is 4. The van der Waals surface area contributed by atoms with Crippen LogP contribution in [-0.4, -0.2) is 21.6 Å². The number of benzene rings is 1. The first-order valence-electron chi connectivity index (χ1n) is 6.74. The summed E-state index contributed by atoms with van der Waals surface area (Å²) in [6, 6.07) is 7.31. The maximum atomic E-state index is 5.83. The molecule has 2 rings (SSSR count). The highest BCUT2D eigenvalue weighted by Gasteiger charge is 2.10. The molecular formula is C14H19ClN4O. The highest BCUT2D eigenvalue weighted by atomic mass is 35.5. The van der Waals surface area contributed by atoms with Crippen LogP contribution in [0, 0.1) is 0 Å². The van der Waals surface area contributed by atoms with Crippen molar-refractivity contribution in [1.82, 2.24) is 15.0 Å². The second-order valence-corrected chi connectivity index (χ2v) is 4.90. The Hall–Kier alpha value is -1.59. The van der Waals surface area contributed by atoms with Gasteiger partial charge in [-0.3, -0.25) is 0 Å². The molecule has 20 heavy (non-hydrogen) atoms. The van der Waals surface area contributed by atoms with Crippen LogP contribution in [0.1, 0.15) is 24.7 Å². The van der Waals surface area contributed by atoms with E-state index in [-0.39, 0.29) is 0 Å². The normalized spacial score (nSPS) is 10.8. The third kappa shape index (κ3) is 3.71. The van der Waals surface area contributed by atoms with E-state index in [2.05, 4.69) is 17.2 Å². The van der Waals surface area contributed by atoms with E-state index < -0.39 is 0 Å². The van der Waals surface area contributed by atoms with Crippen LogP contribution in [0.2, 0.25) is 5.02 Å². The van der Waals surface area contributed by atoms with E-state index in [4.69, 9.17) is 22.1 Å². The van der Waals surface area contributed by atoms with E-state index in [0.29, 0.717) is 24.7 Å². The Kier molecular flexibility index (Phi) is 5.38.